The summed E-state index contributed by atoms with van der Waals surface area (Å²) in [6.45, 7) is 3.06. The number of pyridine rings is 1. The molecule has 0 aliphatic heterocycles. The summed E-state index contributed by atoms with van der Waals surface area (Å²) in [7, 11) is 0. The fraction of sp³-hybridized carbons (Fsp3) is 0.222. The second-order valence-corrected chi connectivity index (χ2v) is 5.25. The number of rotatable bonds is 6. The Bertz CT molecular complexity index is 811. The molecule has 0 bridgehead atoms. The van der Waals surface area contributed by atoms with Crippen molar-refractivity contribution in [2.75, 3.05) is 6.61 Å². The van der Waals surface area contributed by atoms with Crippen molar-refractivity contribution >= 4 is 16.9 Å². The van der Waals surface area contributed by atoms with Crippen molar-refractivity contribution in [3.05, 3.63) is 59.9 Å². The maximum atomic E-state index is 12.2. The number of H-pyrrole nitrogens is 1. The van der Waals surface area contributed by atoms with Crippen LogP contribution in [0.2, 0.25) is 0 Å². The van der Waals surface area contributed by atoms with Crippen LogP contribution in [0.1, 0.15) is 18.1 Å². The van der Waals surface area contributed by atoms with Gasteiger partial charge in [0.25, 0.3) is 0 Å². The number of benzene rings is 1. The summed E-state index contributed by atoms with van der Waals surface area (Å²) in [4.78, 5) is 19.5. The molecule has 0 atom stereocenters. The van der Waals surface area contributed by atoms with Crippen LogP contribution in [0, 0.1) is 0 Å². The van der Waals surface area contributed by atoms with Crippen LogP contribution in [0.4, 0.5) is 0 Å². The van der Waals surface area contributed by atoms with Gasteiger partial charge in [-0.3, -0.25) is 4.79 Å². The molecule has 3 rings (SSSR count). The number of carbonyl (C=O) groups is 1. The quantitative estimate of drug-likeness (QED) is 0.736. The summed E-state index contributed by atoms with van der Waals surface area (Å²) in [6.07, 6.45) is 3.90. The molecule has 0 saturated carbocycles. The third kappa shape index (κ3) is 3.69. The number of aromatic nitrogens is 2. The van der Waals surface area contributed by atoms with E-state index >= 15 is 0 Å². The molecular formula is C18H19N3O2. The van der Waals surface area contributed by atoms with Crippen LogP contribution in [-0.2, 0) is 17.8 Å². The second kappa shape index (κ2) is 6.96. The zero-order valence-corrected chi connectivity index (χ0v) is 13.0. The summed E-state index contributed by atoms with van der Waals surface area (Å²) in [5.74, 6) is 0.804. The fourth-order valence-corrected chi connectivity index (χ4v) is 2.51. The standard InChI is InChI=1S/C18H19N3O2/c1-2-23-15-6-3-5-13(9-15)11-20-17(22)10-14-12-21-18-16(14)7-4-8-19-18/h3-9,12H,2,10-11H2,1H3,(H,19,21)(H,20,22). The van der Waals surface area contributed by atoms with E-state index in [-0.39, 0.29) is 5.91 Å². The molecule has 0 fully saturated rings. The summed E-state index contributed by atoms with van der Waals surface area (Å²) >= 11 is 0. The average Bonchev–Trinajstić information content (AvgIpc) is 2.97. The molecule has 5 nitrogen and oxygen atoms in total. The van der Waals surface area contributed by atoms with E-state index in [1.165, 1.54) is 0 Å². The first-order valence-corrected chi connectivity index (χ1v) is 7.65. The summed E-state index contributed by atoms with van der Waals surface area (Å²) in [5, 5.41) is 3.93. The van der Waals surface area contributed by atoms with Crippen molar-refractivity contribution in [2.24, 2.45) is 0 Å². The van der Waals surface area contributed by atoms with Crippen LogP contribution in [0.15, 0.2) is 48.8 Å². The lowest BCUT2D eigenvalue weighted by Gasteiger charge is -2.07. The third-order valence-electron chi connectivity index (χ3n) is 3.59. The summed E-state index contributed by atoms with van der Waals surface area (Å²) < 4.78 is 5.46. The molecule has 1 aromatic carbocycles. The molecule has 5 heteroatoms. The molecule has 118 valence electrons. The molecule has 0 unspecified atom stereocenters. The molecule has 3 aromatic rings. The number of aromatic amines is 1. The van der Waals surface area contributed by atoms with Crippen molar-refractivity contribution in [1.82, 2.24) is 15.3 Å². The normalized spacial score (nSPS) is 10.7. The number of nitrogens with one attached hydrogen (secondary N) is 2. The number of hydrogen-bond donors (Lipinski definition) is 2. The van der Waals surface area contributed by atoms with Gasteiger partial charge in [-0.2, -0.15) is 0 Å². The molecule has 0 spiro atoms. The third-order valence-corrected chi connectivity index (χ3v) is 3.59. The minimum absolute atomic E-state index is 0.0171. The maximum absolute atomic E-state index is 12.2. The van der Waals surface area contributed by atoms with Gasteiger partial charge in [0, 0.05) is 24.3 Å². The zero-order valence-electron chi connectivity index (χ0n) is 13.0. The van der Waals surface area contributed by atoms with Crippen molar-refractivity contribution in [3.8, 4) is 5.75 Å². The van der Waals surface area contributed by atoms with E-state index in [2.05, 4.69) is 15.3 Å². The SMILES string of the molecule is CCOc1cccc(CNC(=O)Cc2c[nH]c3ncccc23)c1. The van der Waals surface area contributed by atoms with Gasteiger partial charge in [0.2, 0.25) is 5.91 Å². The lowest BCUT2D eigenvalue weighted by atomic mass is 10.1. The Labute approximate surface area is 134 Å². The van der Waals surface area contributed by atoms with Gasteiger partial charge < -0.3 is 15.0 Å². The molecule has 0 saturated heterocycles. The van der Waals surface area contributed by atoms with Gasteiger partial charge in [-0.05, 0) is 42.3 Å². The molecule has 2 N–H and O–H groups in total. The number of carbonyl (C=O) groups excluding carboxylic acids is 1. The first kappa shape index (κ1) is 15.1. The lowest BCUT2D eigenvalue weighted by molar-refractivity contribution is -0.120. The number of nitrogens with zero attached hydrogens (tertiary/aromatic N) is 1. The average molecular weight is 309 g/mol. The van der Waals surface area contributed by atoms with E-state index in [1.807, 2.05) is 49.5 Å². The van der Waals surface area contributed by atoms with Crippen LogP contribution in [-0.4, -0.2) is 22.5 Å². The molecule has 23 heavy (non-hydrogen) atoms. The zero-order chi connectivity index (χ0) is 16.1. The number of fused-ring (bicyclic) bond motifs is 1. The fourth-order valence-electron chi connectivity index (χ4n) is 2.51. The maximum Gasteiger partial charge on any atom is 0.224 e. The van der Waals surface area contributed by atoms with E-state index in [1.54, 1.807) is 6.20 Å². The molecule has 0 aliphatic rings. The van der Waals surface area contributed by atoms with E-state index < -0.39 is 0 Å². The highest BCUT2D eigenvalue weighted by molar-refractivity contribution is 5.87. The first-order valence-electron chi connectivity index (χ1n) is 7.65. The van der Waals surface area contributed by atoms with Gasteiger partial charge in [-0.1, -0.05) is 12.1 Å². The smallest absolute Gasteiger partial charge is 0.224 e. The van der Waals surface area contributed by atoms with Crippen LogP contribution in [0.5, 0.6) is 5.75 Å². The minimum atomic E-state index is -0.0171. The number of amides is 1. The van der Waals surface area contributed by atoms with E-state index in [4.69, 9.17) is 4.74 Å². The van der Waals surface area contributed by atoms with Gasteiger partial charge >= 0.3 is 0 Å². The first-order chi connectivity index (χ1) is 11.3. The van der Waals surface area contributed by atoms with Crippen LogP contribution < -0.4 is 10.1 Å². The van der Waals surface area contributed by atoms with Crippen molar-refractivity contribution < 1.29 is 9.53 Å². The minimum Gasteiger partial charge on any atom is -0.494 e. The highest BCUT2D eigenvalue weighted by Crippen LogP contribution is 2.16. The molecule has 2 heterocycles. The predicted molar refractivity (Wildman–Crippen MR) is 89.3 cm³/mol. The van der Waals surface area contributed by atoms with Gasteiger partial charge in [0.05, 0.1) is 13.0 Å². The highest BCUT2D eigenvalue weighted by atomic mass is 16.5. The molecule has 0 aliphatic carbocycles. The Balaban J connectivity index is 1.60. The number of ether oxygens (including phenoxy) is 1. The number of hydrogen-bond acceptors (Lipinski definition) is 3. The summed E-state index contributed by atoms with van der Waals surface area (Å²) in [6, 6.07) is 11.6. The van der Waals surface area contributed by atoms with Crippen molar-refractivity contribution in [2.45, 2.75) is 19.9 Å². The van der Waals surface area contributed by atoms with E-state index in [9.17, 15) is 4.79 Å². The topological polar surface area (TPSA) is 67.0 Å². The monoisotopic (exact) mass is 309 g/mol. The lowest BCUT2D eigenvalue weighted by Crippen LogP contribution is -2.24. The largest absolute Gasteiger partial charge is 0.494 e. The van der Waals surface area contributed by atoms with Gasteiger partial charge in [-0.15, -0.1) is 0 Å². The van der Waals surface area contributed by atoms with E-state index in [0.29, 0.717) is 19.6 Å². The predicted octanol–water partition coefficient (Wildman–Crippen LogP) is 2.82. The van der Waals surface area contributed by atoms with Gasteiger partial charge in [0.15, 0.2) is 0 Å². The Morgan fingerprint density at radius 1 is 1.30 bits per heavy atom. The van der Waals surface area contributed by atoms with Crippen LogP contribution in [0.25, 0.3) is 11.0 Å². The van der Waals surface area contributed by atoms with Crippen LogP contribution >= 0.6 is 0 Å². The molecular weight excluding hydrogens is 290 g/mol. The second-order valence-electron chi connectivity index (χ2n) is 5.25. The summed E-state index contributed by atoms with van der Waals surface area (Å²) in [5.41, 5.74) is 2.78. The van der Waals surface area contributed by atoms with E-state index in [0.717, 1.165) is 27.9 Å². The Hall–Kier alpha value is -2.82. The van der Waals surface area contributed by atoms with Crippen LogP contribution in [0.3, 0.4) is 0 Å². The molecule has 2 aromatic heterocycles. The Morgan fingerprint density at radius 3 is 3.09 bits per heavy atom. The Morgan fingerprint density at radius 2 is 2.22 bits per heavy atom. The van der Waals surface area contributed by atoms with Gasteiger partial charge in [0.1, 0.15) is 11.4 Å². The van der Waals surface area contributed by atoms with Crippen molar-refractivity contribution in [1.29, 1.82) is 0 Å². The Kier molecular flexibility index (Phi) is 4.57. The molecule has 0 radical (unpaired) electrons. The van der Waals surface area contributed by atoms with Crippen molar-refractivity contribution in [3.63, 3.8) is 0 Å². The molecule has 1 amide bonds. The van der Waals surface area contributed by atoms with Gasteiger partial charge in [-0.25, -0.2) is 4.98 Å². The highest BCUT2D eigenvalue weighted by Gasteiger charge is 2.09.